The summed E-state index contributed by atoms with van der Waals surface area (Å²) >= 11 is 12.1. The van der Waals surface area contributed by atoms with Crippen molar-refractivity contribution in [3.8, 4) is 0 Å². The molecule has 98 valence electrons. The van der Waals surface area contributed by atoms with Crippen molar-refractivity contribution >= 4 is 34.2 Å². The Balaban J connectivity index is 2.68. The van der Waals surface area contributed by atoms with Crippen LogP contribution in [0.25, 0.3) is 11.0 Å². The molecule has 0 amide bonds. The van der Waals surface area contributed by atoms with Gasteiger partial charge in [0, 0.05) is 11.1 Å². The summed E-state index contributed by atoms with van der Waals surface area (Å²) in [5.41, 5.74) is 2.05. The maximum absolute atomic E-state index is 6.10. The Bertz CT molecular complexity index is 546. The van der Waals surface area contributed by atoms with Crippen molar-refractivity contribution in [2.45, 2.75) is 39.1 Å². The Morgan fingerprint density at radius 1 is 1.33 bits per heavy atom. The Morgan fingerprint density at radius 2 is 2.06 bits per heavy atom. The van der Waals surface area contributed by atoms with Gasteiger partial charge in [0.1, 0.15) is 5.82 Å². The van der Waals surface area contributed by atoms with Gasteiger partial charge in [-0.25, -0.2) is 4.98 Å². The van der Waals surface area contributed by atoms with Crippen LogP contribution in [0.5, 0.6) is 0 Å². The summed E-state index contributed by atoms with van der Waals surface area (Å²) in [7, 11) is 0. The first-order valence-electron chi connectivity index (χ1n) is 6.30. The number of imidazole rings is 1. The minimum Gasteiger partial charge on any atom is -0.324 e. The summed E-state index contributed by atoms with van der Waals surface area (Å²) in [5, 5.41) is 0.739. The second kappa shape index (κ2) is 5.50. The fourth-order valence-electron chi connectivity index (χ4n) is 2.53. The minimum absolute atomic E-state index is 0.405. The summed E-state index contributed by atoms with van der Waals surface area (Å²) in [5.74, 6) is 1.89. The highest BCUT2D eigenvalue weighted by Crippen LogP contribution is 2.30. The van der Waals surface area contributed by atoms with E-state index < -0.39 is 0 Å². The molecule has 0 radical (unpaired) electrons. The van der Waals surface area contributed by atoms with Crippen LogP contribution in [0.3, 0.4) is 0 Å². The van der Waals surface area contributed by atoms with Crippen molar-refractivity contribution in [2.24, 2.45) is 5.92 Å². The van der Waals surface area contributed by atoms with Gasteiger partial charge in [-0.3, -0.25) is 0 Å². The molecule has 0 spiro atoms. The van der Waals surface area contributed by atoms with Crippen molar-refractivity contribution < 1.29 is 0 Å². The largest absolute Gasteiger partial charge is 0.324 e. The smallest absolute Gasteiger partial charge is 0.125 e. The van der Waals surface area contributed by atoms with E-state index >= 15 is 0 Å². The number of hydrogen-bond acceptors (Lipinski definition) is 1. The Kier molecular flexibility index (Phi) is 4.18. The molecular formula is C14H18Cl2N2. The van der Waals surface area contributed by atoms with Crippen LogP contribution in [0.1, 0.15) is 39.1 Å². The van der Waals surface area contributed by atoms with Gasteiger partial charge < -0.3 is 4.57 Å². The second-order valence-electron chi connectivity index (χ2n) is 4.88. The van der Waals surface area contributed by atoms with Crippen molar-refractivity contribution in [1.29, 1.82) is 0 Å². The lowest BCUT2D eigenvalue weighted by molar-refractivity contribution is 0.367. The number of alkyl halides is 1. The van der Waals surface area contributed by atoms with E-state index in [1.807, 2.05) is 18.2 Å². The number of rotatable bonds is 4. The predicted molar refractivity (Wildman–Crippen MR) is 78.5 cm³/mol. The molecule has 18 heavy (non-hydrogen) atoms. The number of hydrogen-bond donors (Lipinski definition) is 0. The molecule has 1 atom stereocenters. The third-order valence-electron chi connectivity index (χ3n) is 3.36. The van der Waals surface area contributed by atoms with Gasteiger partial charge in [0.15, 0.2) is 0 Å². The van der Waals surface area contributed by atoms with Crippen molar-refractivity contribution in [3.05, 3.63) is 29.0 Å². The molecule has 2 nitrogen and oxygen atoms in total. The minimum atomic E-state index is 0.405. The highest BCUT2D eigenvalue weighted by atomic mass is 35.5. The summed E-state index contributed by atoms with van der Waals surface area (Å²) in [6, 6.07) is 6.21. The number of halogens is 2. The summed E-state index contributed by atoms with van der Waals surface area (Å²) in [6.07, 6.45) is 1.06. The topological polar surface area (TPSA) is 17.8 Å². The fraction of sp³-hybridized carbons (Fsp3) is 0.500. The zero-order valence-electron chi connectivity index (χ0n) is 11.0. The summed E-state index contributed by atoms with van der Waals surface area (Å²) in [4.78, 5) is 4.60. The highest BCUT2D eigenvalue weighted by Gasteiger charge is 2.20. The Hall–Kier alpha value is -0.730. The number of nitrogens with zero attached hydrogens (tertiary/aromatic N) is 2. The van der Waals surface area contributed by atoms with Crippen LogP contribution in [-0.2, 0) is 5.88 Å². The van der Waals surface area contributed by atoms with Crippen molar-refractivity contribution in [3.63, 3.8) is 0 Å². The van der Waals surface area contributed by atoms with E-state index in [1.165, 1.54) is 0 Å². The van der Waals surface area contributed by atoms with Crippen LogP contribution in [0.4, 0.5) is 0 Å². The highest BCUT2D eigenvalue weighted by molar-refractivity contribution is 6.31. The van der Waals surface area contributed by atoms with Gasteiger partial charge >= 0.3 is 0 Å². The summed E-state index contributed by atoms with van der Waals surface area (Å²) in [6.45, 7) is 6.64. The molecule has 4 heteroatoms. The molecule has 1 aromatic carbocycles. The lowest BCUT2D eigenvalue weighted by atomic mass is 10.0. The first-order chi connectivity index (χ1) is 8.58. The summed E-state index contributed by atoms with van der Waals surface area (Å²) < 4.78 is 2.25. The SMILES string of the molecule is CCC(C(C)C)n1c(CCl)nc2ccc(Cl)cc21. The molecule has 0 aliphatic carbocycles. The van der Waals surface area contributed by atoms with E-state index in [1.54, 1.807) is 0 Å². The third-order valence-corrected chi connectivity index (χ3v) is 3.84. The van der Waals surface area contributed by atoms with E-state index in [4.69, 9.17) is 23.2 Å². The fourth-order valence-corrected chi connectivity index (χ4v) is 2.89. The monoisotopic (exact) mass is 284 g/mol. The van der Waals surface area contributed by atoms with Crippen LogP contribution in [0.15, 0.2) is 18.2 Å². The lowest BCUT2D eigenvalue weighted by Gasteiger charge is -2.23. The molecule has 0 aliphatic heterocycles. The average Bonchev–Trinajstić information content (AvgIpc) is 2.68. The molecule has 1 aromatic heterocycles. The maximum atomic E-state index is 6.10. The first kappa shape index (κ1) is 13.7. The second-order valence-corrected chi connectivity index (χ2v) is 5.59. The number of benzene rings is 1. The first-order valence-corrected chi connectivity index (χ1v) is 7.22. The molecule has 0 aliphatic rings. The number of aromatic nitrogens is 2. The maximum Gasteiger partial charge on any atom is 0.125 e. The molecule has 0 fully saturated rings. The lowest BCUT2D eigenvalue weighted by Crippen LogP contribution is -2.16. The predicted octanol–water partition coefficient (Wildman–Crippen LogP) is 5.04. The Labute approximate surface area is 118 Å². The molecule has 1 unspecified atom stereocenters. The van der Waals surface area contributed by atoms with Gasteiger partial charge in [-0.15, -0.1) is 11.6 Å². The Morgan fingerprint density at radius 3 is 2.61 bits per heavy atom. The van der Waals surface area contributed by atoms with Crippen LogP contribution < -0.4 is 0 Å². The molecule has 1 heterocycles. The van der Waals surface area contributed by atoms with Gasteiger partial charge in [0.25, 0.3) is 0 Å². The van der Waals surface area contributed by atoms with E-state index in [9.17, 15) is 0 Å². The van der Waals surface area contributed by atoms with Crippen molar-refractivity contribution in [2.75, 3.05) is 0 Å². The van der Waals surface area contributed by atoms with Gasteiger partial charge in [-0.2, -0.15) is 0 Å². The van der Waals surface area contributed by atoms with Crippen LogP contribution in [0.2, 0.25) is 5.02 Å². The van der Waals surface area contributed by atoms with Crippen molar-refractivity contribution in [1.82, 2.24) is 9.55 Å². The normalized spacial score (nSPS) is 13.4. The van der Waals surface area contributed by atoms with E-state index in [0.29, 0.717) is 17.8 Å². The molecule has 0 N–H and O–H groups in total. The number of fused-ring (bicyclic) bond motifs is 1. The molecule has 0 bridgehead atoms. The standard InChI is InChI=1S/C14H18Cl2N2/c1-4-12(9(2)3)18-13-7-10(16)5-6-11(13)17-14(18)8-15/h5-7,9,12H,4,8H2,1-3H3. The van der Waals surface area contributed by atoms with Crippen LogP contribution in [-0.4, -0.2) is 9.55 Å². The van der Waals surface area contributed by atoms with E-state index in [-0.39, 0.29) is 0 Å². The van der Waals surface area contributed by atoms with E-state index in [2.05, 4.69) is 30.3 Å². The van der Waals surface area contributed by atoms with Gasteiger partial charge in [-0.05, 0) is 30.5 Å². The molecule has 2 rings (SSSR count). The zero-order chi connectivity index (χ0) is 13.3. The van der Waals surface area contributed by atoms with E-state index in [0.717, 1.165) is 28.3 Å². The van der Waals surface area contributed by atoms with Gasteiger partial charge in [0.05, 0.1) is 16.9 Å². The molecule has 2 aromatic rings. The molecular weight excluding hydrogens is 267 g/mol. The molecule has 0 saturated carbocycles. The van der Waals surface area contributed by atoms with Gasteiger partial charge in [-0.1, -0.05) is 32.4 Å². The van der Waals surface area contributed by atoms with Crippen LogP contribution >= 0.6 is 23.2 Å². The zero-order valence-corrected chi connectivity index (χ0v) is 12.5. The average molecular weight is 285 g/mol. The third kappa shape index (κ3) is 2.36. The molecule has 0 saturated heterocycles. The van der Waals surface area contributed by atoms with Crippen LogP contribution in [0, 0.1) is 5.92 Å². The van der Waals surface area contributed by atoms with Gasteiger partial charge in [0.2, 0.25) is 0 Å². The quantitative estimate of drug-likeness (QED) is 0.720.